The van der Waals surface area contributed by atoms with Gasteiger partial charge in [0.25, 0.3) is 0 Å². The Morgan fingerprint density at radius 3 is 2.06 bits per heavy atom. The highest BCUT2D eigenvalue weighted by molar-refractivity contribution is 7.09. The second-order valence-corrected chi connectivity index (χ2v) is 21.0. The number of hydrogen-bond acceptors (Lipinski definition) is 11. The van der Waals surface area contributed by atoms with Crippen molar-refractivity contribution in [3.63, 3.8) is 0 Å². The summed E-state index contributed by atoms with van der Waals surface area (Å²) in [6.45, 7) is 13.1. The topological polar surface area (TPSA) is 194 Å². The third-order valence-corrected chi connectivity index (χ3v) is 15.2. The Balaban J connectivity index is 0.000000313. The van der Waals surface area contributed by atoms with Crippen molar-refractivity contribution in [1.29, 1.82) is 0 Å². The van der Waals surface area contributed by atoms with Crippen LogP contribution in [-0.2, 0) is 39.8 Å². The SMILES string of the molecule is CCC(C)C(C(CC(=O)N1CCCC1C(OC)C(C)C(=O)N[C@@H](Cc1ccccc1)c1nccs1)OC)N(C)C(=O)CC(C)(C)O.CN(C(=O)OCC1c2ccccc2-c2ccccc21)C(C)(C)C(N)=O. The first kappa shape index (κ1) is 56.2. The van der Waals surface area contributed by atoms with Crippen molar-refractivity contribution in [2.75, 3.05) is 41.5 Å². The summed E-state index contributed by atoms with van der Waals surface area (Å²) in [6.07, 6.45) is 3.10. The normalized spacial score (nSPS) is 17.0. The van der Waals surface area contributed by atoms with Gasteiger partial charge in [0.1, 0.15) is 17.2 Å². The number of thiazole rings is 1. The molecule has 0 bridgehead atoms. The van der Waals surface area contributed by atoms with Gasteiger partial charge in [-0.2, -0.15) is 0 Å². The first-order valence-corrected chi connectivity index (χ1v) is 25.5. The molecule has 0 radical (unpaired) electrons. The van der Waals surface area contributed by atoms with Crippen molar-refractivity contribution in [3.05, 3.63) is 112 Å². The summed E-state index contributed by atoms with van der Waals surface area (Å²) in [5, 5.41) is 16.2. The number of amides is 5. The molecule has 5 amide bonds. The quantitative estimate of drug-likeness (QED) is 0.0743. The minimum atomic E-state index is -1.15. The van der Waals surface area contributed by atoms with Gasteiger partial charge in [0.2, 0.25) is 23.6 Å². The maximum atomic E-state index is 14.0. The maximum absolute atomic E-state index is 14.0. The van der Waals surface area contributed by atoms with Gasteiger partial charge in [0, 0.05) is 52.4 Å². The predicted octanol–water partition coefficient (Wildman–Crippen LogP) is 7.76. The number of primary amides is 1. The smallest absolute Gasteiger partial charge is 0.410 e. The molecule has 71 heavy (non-hydrogen) atoms. The number of carbonyl (C=O) groups excluding carboxylic acids is 5. The lowest BCUT2D eigenvalue weighted by molar-refractivity contribution is -0.147. The number of nitrogens with zero attached hydrogens (tertiary/aromatic N) is 4. The zero-order chi connectivity index (χ0) is 52.2. The number of nitrogens with two attached hydrogens (primary N) is 1. The first-order valence-electron chi connectivity index (χ1n) is 24.6. The number of methoxy groups -OCH3 is 2. The molecule has 1 aromatic heterocycles. The number of aromatic nitrogens is 1. The van der Waals surface area contributed by atoms with Crippen LogP contribution in [-0.4, -0.2) is 131 Å². The van der Waals surface area contributed by atoms with E-state index in [9.17, 15) is 29.1 Å². The van der Waals surface area contributed by atoms with Crippen molar-refractivity contribution >= 4 is 41.1 Å². The molecular formula is C55H76N6O9S. The van der Waals surface area contributed by atoms with Crippen LogP contribution in [0.2, 0.25) is 0 Å². The molecule has 15 nitrogen and oxygen atoms in total. The molecule has 6 rings (SSSR count). The summed E-state index contributed by atoms with van der Waals surface area (Å²) >= 11 is 1.51. The van der Waals surface area contributed by atoms with Gasteiger partial charge in [-0.15, -0.1) is 11.3 Å². The van der Waals surface area contributed by atoms with Gasteiger partial charge >= 0.3 is 6.09 Å². The number of likely N-dealkylation sites (N-methyl/N-ethyl adjacent to an activating group) is 2. The van der Waals surface area contributed by atoms with E-state index in [-0.39, 0.29) is 67.1 Å². The molecule has 6 unspecified atom stereocenters. The van der Waals surface area contributed by atoms with E-state index in [1.165, 1.54) is 34.4 Å². The third kappa shape index (κ3) is 14.1. The number of hydrogen-bond donors (Lipinski definition) is 3. The number of rotatable bonds is 21. The lowest BCUT2D eigenvalue weighted by Crippen LogP contribution is -2.54. The minimum Gasteiger partial charge on any atom is -0.448 e. The number of carbonyl (C=O) groups is 5. The highest BCUT2D eigenvalue weighted by atomic mass is 32.1. The van der Waals surface area contributed by atoms with E-state index >= 15 is 0 Å². The average molecular weight is 997 g/mol. The Labute approximate surface area is 424 Å². The van der Waals surface area contributed by atoms with Crippen LogP contribution in [0.5, 0.6) is 0 Å². The monoisotopic (exact) mass is 997 g/mol. The summed E-state index contributed by atoms with van der Waals surface area (Å²) in [5.74, 6) is -1.51. The average Bonchev–Trinajstić information content (AvgIpc) is 4.13. The number of nitrogens with one attached hydrogen (secondary N) is 1. The fraction of sp³-hybridized carbons (Fsp3) is 0.527. The largest absolute Gasteiger partial charge is 0.448 e. The number of likely N-dealkylation sites (tertiary alicyclic amines) is 1. The summed E-state index contributed by atoms with van der Waals surface area (Å²) in [4.78, 5) is 73.9. The van der Waals surface area contributed by atoms with Gasteiger partial charge in [0.15, 0.2) is 0 Å². The fourth-order valence-electron chi connectivity index (χ4n) is 9.66. The molecule has 386 valence electrons. The highest BCUT2D eigenvalue weighted by Crippen LogP contribution is 2.44. The van der Waals surface area contributed by atoms with E-state index in [2.05, 4.69) is 34.6 Å². The lowest BCUT2D eigenvalue weighted by Gasteiger charge is -2.40. The van der Waals surface area contributed by atoms with Gasteiger partial charge in [-0.25, -0.2) is 9.78 Å². The van der Waals surface area contributed by atoms with Gasteiger partial charge in [-0.05, 0) is 80.7 Å². The molecule has 7 atom stereocenters. The van der Waals surface area contributed by atoms with Crippen LogP contribution in [0.1, 0.15) is 114 Å². The van der Waals surface area contributed by atoms with Gasteiger partial charge in [-0.1, -0.05) is 106 Å². The van der Waals surface area contributed by atoms with E-state index in [4.69, 9.17) is 19.9 Å². The Hall–Kier alpha value is -5.68. The Bertz CT molecular complexity index is 2350. The third-order valence-electron chi connectivity index (χ3n) is 14.3. The van der Waals surface area contributed by atoms with E-state index in [0.717, 1.165) is 41.0 Å². The zero-order valence-electron chi connectivity index (χ0n) is 43.4. The number of ether oxygens (including phenoxy) is 3. The predicted molar refractivity (Wildman–Crippen MR) is 276 cm³/mol. The van der Waals surface area contributed by atoms with Crippen molar-refractivity contribution in [2.45, 2.75) is 134 Å². The van der Waals surface area contributed by atoms with Crippen LogP contribution < -0.4 is 11.1 Å². The Morgan fingerprint density at radius 2 is 1.52 bits per heavy atom. The Morgan fingerprint density at radius 1 is 0.915 bits per heavy atom. The molecule has 0 spiro atoms. The van der Waals surface area contributed by atoms with Crippen molar-refractivity contribution in [2.24, 2.45) is 17.6 Å². The first-order chi connectivity index (χ1) is 33.6. The second-order valence-electron chi connectivity index (χ2n) is 20.0. The molecule has 3 aromatic carbocycles. The number of benzene rings is 3. The van der Waals surface area contributed by atoms with Crippen LogP contribution >= 0.6 is 11.3 Å². The summed E-state index contributed by atoms with van der Waals surface area (Å²) in [5.41, 5.74) is 8.85. The van der Waals surface area contributed by atoms with Gasteiger partial charge in [-0.3, -0.25) is 24.1 Å². The van der Waals surface area contributed by atoms with E-state index in [0.29, 0.717) is 13.0 Å². The highest BCUT2D eigenvalue weighted by Gasteiger charge is 2.43. The second kappa shape index (κ2) is 25.1. The molecule has 16 heteroatoms. The minimum absolute atomic E-state index is 0.0126. The van der Waals surface area contributed by atoms with Crippen molar-refractivity contribution in [1.82, 2.24) is 25.0 Å². The van der Waals surface area contributed by atoms with Crippen LogP contribution in [0.25, 0.3) is 11.1 Å². The summed E-state index contributed by atoms with van der Waals surface area (Å²) in [6, 6.07) is 25.4. The fourth-order valence-corrected chi connectivity index (χ4v) is 10.4. The maximum Gasteiger partial charge on any atom is 0.410 e. The van der Waals surface area contributed by atoms with Gasteiger partial charge in [0.05, 0.1) is 54.7 Å². The van der Waals surface area contributed by atoms with Crippen molar-refractivity contribution in [3.8, 4) is 11.1 Å². The van der Waals surface area contributed by atoms with E-state index in [1.54, 1.807) is 60.1 Å². The van der Waals surface area contributed by atoms with E-state index in [1.807, 2.05) is 85.6 Å². The Kier molecular flexibility index (Phi) is 19.9. The molecule has 1 saturated heterocycles. The zero-order valence-corrected chi connectivity index (χ0v) is 44.2. The summed E-state index contributed by atoms with van der Waals surface area (Å²) < 4.78 is 17.4. The standard InChI is InChI=1S/C35H54N4O6S.C20H22N2O3/c1-9-23(2)31(38(6)30(41)22-35(4,5)43)28(44-7)21-29(40)39-18-13-16-27(39)32(45-8)24(3)33(42)37-26(34-36-17-19-46-34)20-25-14-11-10-12-15-25;1-20(2,18(21)23)22(3)19(24)25-12-17-15-10-6-4-8-13(15)14-9-5-7-11-16(14)17/h10-12,14-15,17,19,23-24,26-28,31-32,43H,9,13,16,18,20-22H2,1-8H3,(H,37,42);4-11,17H,12H2,1-3H3,(H2,21,23)/t23?,24?,26-,27?,28?,31?,32?;/m0./s1. The molecule has 2 aliphatic rings. The van der Waals surface area contributed by atoms with E-state index < -0.39 is 41.3 Å². The molecular weight excluding hydrogens is 921 g/mol. The van der Waals surface area contributed by atoms with Crippen LogP contribution in [0.3, 0.4) is 0 Å². The molecule has 4 aromatic rings. The molecule has 2 heterocycles. The molecule has 4 N–H and O–H groups in total. The number of fused-ring (bicyclic) bond motifs is 3. The number of aliphatic hydroxyl groups is 1. The summed E-state index contributed by atoms with van der Waals surface area (Å²) in [7, 11) is 6.40. The van der Waals surface area contributed by atoms with Crippen molar-refractivity contribution < 1.29 is 43.3 Å². The van der Waals surface area contributed by atoms with Gasteiger partial charge < -0.3 is 40.2 Å². The molecule has 0 saturated carbocycles. The van der Waals surface area contributed by atoms with Crippen LogP contribution in [0, 0.1) is 11.8 Å². The molecule has 1 aliphatic heterocycles. The van der Waals surface area contributed by atoms with Crippen LogP contribution in [0.4, 0.5) is 4.79 Å². The lowest BCUT2D eigenvalue weighted by atomic mass is 9.89. The molecule has 1 fully saturated rings. The van der Waals surface area contributed by atoms with Crippen LogP contribution in [0.15, 0.2) is 90.4 Å². The molecule has 1 aliphatic carbocycles.